The van der Waals surface area contributed by atoms with Crippen LogP contribution >= 0.6 is 0 Å². The average Bonchev–Trinajstić information content (AvgIpc) is 2.23. The molecule has 0 aromatic heterocycles. The van der Waals surface area contributed by atoms with Gasteiger partial charge >= 0.3 is 0 Å². The zero-order valence-electron chi connectivity index (χ0n) is 10.7. The highest BCUT2D eigenvalue weighted by atomic mass is 16.6. The topological polar surface area (TPSA) is 33.6 Å². The lowest BCUT2D eigenvalue weighted by Gasteiger charge is -2.13. The number of rotatable bonds is 4. The van der Waals surface area contributed by atoms with Crippen molar-refractivity contribution >= 4 is 11.4 Å². The third-order valence-electron chi connectivity index (χ3n) is 2.65. The predicted molar refractivity (Wildman–Crippen MR) is 68.3 cm³/mol. The van der Waals surface area contributed by atoms with Gasteiger partial charge in [0.15, 0.2) is 0 Å². The van der Waals surface area contributed by atoms with Gasteiger partial charge in [-0.05, 0) is 38.8 Å². The molecule has 0 radical (unpaired) electrons. The fourth-order valence-corrected chi connectivity index (χ4v) is 1.52. The van der Waals surface area contributed by atoms with E-state index in [2.05, 4.69) is 42.5 Å². The Labute approximate surface area is 97.5 Å². The Balaban J connectivity index is 2.98. The first kappa shape index (κ1) is 12.9. The van der Waals surface area contributed by atoms with E-state index in [0.717, 1.165) is 11.4 Å². The molecule has 0 bridgehead atoms. The minimum atomic E-state index is 0.115. The van der Waals surface area contributed by atoms with Gasteiger partial charge in [0.25, 0.3) is 0 Å². The van der Waals surface area contributed by atoms with Crippen molar-refractivity contribution in [2.45, 2.75) is 33.7 Å². The van der Waals surface area contributed by atoms with Gasteiger partial charge in [0.1, 0.15) is 0 Å². The highest BCUT2D eigenvalue weighted by Gasteiger charge is 2.06. The van der Waals surface area contributed by atoms with Crippen LogP contribution < -0.4 is 5.48 Å². The van der Waals surface area contributed by atoms with Crippen molar-refractivity contribution < 1.29 is 4.84 Å². The van der Waals surface area contributed by atoms with Gasteiger partial charge in [0.05, 0.1) is 18.8 Å². The van der Waals surface area contributed by atoms with Crippen LogP contribution in [0.1, 0.15) is 25.0 Å². The number of benzene rings is 1. The van der Waals surface area contributed by atoms with Gasteiger partial charge in [-0.1, -0.05) is 18.2 Å². The molecule has 88 valence electrons. The summed E-state index contributed by atoms with van der Waals surface area (Å²) in [6.45, 7) is 8.18. The zero-order chi connectivity index (χ0) is 12.1. The lowest BCUT2D eigenvalue weighted by atomic mass is 10.1. The predicted octanol–water partition coefficient (Wildman–Crippen LogP) is 2.94. The molecular formula is C13H20N2O. The van der Waals surface area contributed by atoms with E-state index in [0.29, 0.717) is 0 Å². The second kappa shape index (κ2) is 5.77. The molecule has 0 aliphatic heterocycles. The van der Waals surface area contributed by atoms with Gasteiger partial charge in [0.2, 0.25) is 0 Å². The number of aryl methyl sites for hydroxylation is 2. The van der Waals surface area contributed by atoms with E-state index in [1.54, 1.807) is 7.11 Å². The molecular weight excluding hydrogens is 200 g/mol. The molecule has 1 atom stereocenters. The average molecular weight is 220 g/mol. The van der Waals surface area contributed by atoms with E-state index in [-0.39, 0.29) is 6.04 Å². The minimum absolute atomic E-state index is 0.115. The van der Waals surface area contributed by atoms with Crippen molar-refractivity contribution in [3.05, 3.63) is 29.3 Å². The van der Waals surface area contributed by atoms with Crippen LogP contribution in [-0.2, 0) is 4.84 Å². The lowest BCUT2D eigenvalue weighted by molar-refractivity contribution is 0.0827. The van der Waals surface area contributed by atoms with Crippen molar-refractivity contribution in [1.82, 2.24) is 5.48 Å². The summed E-state index contributed by atoms with van der Waals surface area (Å²) < 4.78 is 0. The quantitative estimate of drug-likeness (QED) is 0.625. The number of para-hydroxylation sites is 1. The monoisotopic (exact) mass is 220 g/mol. The molecule has 0 aliphatic rings. The molecule has 1 N–H and O–H groups in total. The molecule has 0 saturated heterocycles. The highest BCUT2D eigenvalue weighted by Crippen LogP contribution is 2.23. The third kappa shape index (κ3) is 3.15. The maximum atomic E-state index is 4.89. The summed E-state index contributed by atoms with van der Waals surface area (Å²) in [7, 11) is 1.61. The number of nitrogens with zero attached hydrogens (tertiary/aromatic N) is 1. The highest BCUT2D eigenvalue weighted by molar-refractivity contribution is 5.89. The van der Waals surface area contributed by atoms with Gasteiger partial charge in [-0.25, -0.2) is 0 Å². The normalized spacial score (nSPS) is 13.9. The largest absolute Gasteiger partial charge is 0.304 e. The Morgan fingerprint density at radius 3 is 2.38 bits per heavy atom. The van der Waals surface area contributed by atoms with Crippen LogP contribution in [0.5, 0.6) is 0 Å². The Kier molecular flexibility index (Phi) is 4.65. The fourth-order valence-electron chi connectivity index (χ4n) is 1.52. The lowest BCUT2D eigenvalue weighted by Crippen LogP contribution is -2.31. The van der Waals surface area contributed by atoms with Crippen molar-refractivity contribution in [2.24, 2.45) is 4.99 Å². The Morgan fingerprint density at radius 1 is 1.31 bits per heavy atom. The molecule has 0 fully saturated rings. The first-order valence-electron chi connectivity index (χ1n) is 5.46. The molecule has 3 heteroatoms. The Hall–Kier alpha value is -1.19. The molecule has 16 heavy (non-hydrogen) atoms. The molecule has 1 aromatic carbocycles. The fraction of sp³-hybridized carbons (Fsp3) is 0.462. The smallest absolute Gasteiger partial charge is 0.0687 e. The van der Waals surface area contributed by atoms with Gasteiger partial charge in [0, 0.05) is 5.71 Å². The molecule has 0 spiro atoms. The van der Waals surface area contributed by atoms with Gasteiger partial charge in [-0.3, -0.25) is 4.99 Å². The van der Waals surface area contributed by atoms with E-state index in [1.165, 1.54) is 11.1 Å². The summed E-state index contributed by atoms with van der Waals surface area (Å²) in [6.07, 6.45) is 0. The van der Waals surface area contributed by atoms with Crippen LogP contribution in [0.4, 0.5) is 5.69 Å². The van der Waals surface area contributed by atoms with E-state index in [4.69, 9.17) is 4.84 Å². The van der Waals surface area contributed by atoms with Crippen LogP contribution in [0.15, 0.2) is 23.2 Å². The summed E-state index contributed by atoms with van der Waals surface area (Å²) in [6, 6.07) is 6.32. The zero-order valence-corrected chi connectivity index (χ0v) is 10.7. The maximum absolute atomic E-state index is 4.89. The van der Waals surface area contributed by atoms with Crippen molar-refractivity contribution in [1.29, 1.82) is 0 Å². The number of hydroxylamine groups is 1. The third-order valence-corrected chi connectivity index (χ3v) is 2.65. The van der Waals surface area contributed by atoms with Crippen molar-refractivity contribution in [3.63, 3.8) is 0 Å². The molecule has 0 aliphatic carbocycles. The minimum Gasteiger partial charge on any atom is -0.304 e. The van der Waals surface area contributed by atoms with Crippen LogP contribution in [0.3, 0.4) is 0 Å². The van der Waals surface area contributed by atoms with Crippen LogP contribution in [0, 0.1) is 13.8 Å². The summed E-state index contributed by atoms with van der Waals surface area (Å²) in [5.74, 6) is 0. The number of hydrogen-bond donors (Lipinski definition) is 1. The van der Waals surface area contributed by atoms with Crippen molar-refractivity contribution in [3.8, 4) is 0 Å². The molecule has 0 saturated carbocycles. The SMILES string of the molecule is CONC(C)C(C)=Nc1c(C)cccc1C. The molecule has 1 aromatic rings. The molecule has 0 heterocycles. The summed E-state index contributed by atoms with van der Waals surface area (Å²) >= 11 is 0. The Morgan fingerprint density at radius 2 is 1.88 bits per heavy atom. The second-order valence-electron chi connectivity index (χ2n) is 4.04. The number of aliphatic imine (C=N–C) groups is 1. The van der Waals surface area contributed by atoms with Gasteiger partial charge in [-0.2, -0.15) is 5.48 Å². The molecule has 1 rings (SSSR count). The number of nitrogens with one attached hydrogen (secondary N) is 1. The summed E-state index contributed by atoms with van der Waals surface area (Å²) in [4.78, 5) is 9.54. The van der Waals surface area contributed by atoms with Gasteiger partial charge < -0.3 is 4.84 Å². The van der Waals surface area contributed by atoms with Crippen LogP contribution in [0.2, 0.25) is 0 Å². The summed E-state index contributed by atoms with van der Waals surface area (Å²) in [5.41, 5.74) is 7.34. The second-order valence-corrected chi connectivity index (χ2v) is 4.04. The van der Waals surface area contributed by atoms with Gasteiger partial charge in [-0.15, -0.1) is 0 Å². The number of hydrogen-bond acceptors (Lipinski definition) is 3. The molecule has 3 nitrogen and oxygen atoms in total. The van der Waals surface area contributed by atoms with E-state index < -0.39 is 0 Å². The van der Waals surface area contributed by atoms with E-state index in [9.17, 15) is 0 Å². The van der Waals surface area contributed by atoms with Crippen molar-refractivity contribution in [2.75, 3.05) is 7.11 Å². The van der Waals surface area contributed by atoms with E-state index in [1.807, 2.05) is 13.8 Å². The van der Waals surface area contributed by atoms with Crippen LogP contribution in [-0.4, -0.2) is 18.9 Å². The first-order valence-corrected chi connectivity index (χ1v) is 5.46. The molecule has 0 amide bonds. The summed E-state index contributed by atoms with van der Waals surface area (Å²) in [5, 5.41) is 0. The van der Waals surface area contributed by atoms with Crippen LogP contribution in [0.25, 0.3) is 0 Å². The Bertz CT molecular complexity index is 365. The standard InChI is InChI=1S/C13H20N2O/c1-9-7-6-8-10(2)13(9)14-11(3)12(4)15-16-5/h6-8,12,15H,1-5H3. The first-order chi connectivity index (χ1) is 7.56. The molecule has 1 unspecified atom stereocenters. The maximum Gasteiger partial charge on any atom is 0.0687 e. The van der Waals surface area contributed by atoms with E-state index >= 15 is 0 Å².